The van der Waals surface area contributed by atoms with Crippen LogP contribution in [0.2, 0.25) is 0 Å². The van der Waals surface area contributed by atoms with Crippen molar-refractivity contribution < 1.29 is 8.83 Å². The molecule has 0 atom stereocenters. The van der Waals surface area contributed by atoms with Crippen molar-refractivity contribution in [1.29, 1.82) is 0 Å². The van der Waals surface area contributed by atoms with Gasteiger partial charge in [0.2, 0.25) is 0 Å². The highest BCUT2D eigenvalue weighted by Crippen LogP contribution is 2.36. The maximum atomic E-state index is 6.25. The Morgan fingerprint density at radius 3 is 2.14 bits per heavy atom. The summed E-state index contributed by atoms with van der Waals surface area (Å²) in [6.07, 6.45) is 1.82. The van der Waals surface area contributed by atoms with Crippen LogP contribution in [0.15, 0.2) is 87.7 Å². The van der Waals surface area contributed by atoms with Gasteiger partial charge in [-0.05, 0) is 53.8 Å². The van der Waals surface area contributed by atoms with Gasteiger partial charge >= 0.3 is 0 Å². The predicted octanol–water partition coefficient (Wildman–Crippen LogP) is 7.64. The number of rotatable bonds is 3. The van der Waals surface area contributed by atoms with Crippen molar-refractivity contribution in [3.8, 4) is 0 Å². The second-order valence-electron chi connectivity index (χ2n) is 7.65. The van der Waals surface area contributed by atoms with Gasteiger partial charge in [-0.3, -0.25) is 0 Å². The molecule has 4 aromatic carbocycles. The summed E-state index contributed by atoms with van der Waals surface area (Å²) in [6, 6.07) is 27.6. The Balaban J connectivity index is 1.55. The van der Waals surface area contributed by atoms with E-state index >= 15 is 0 Å². The van der Waals surface area contributed by atoms with E-state index in [1.54, 1.807) is 0 Å². The van der Waals surface area contributed by atoms with Crippen LogP contribution < -0.4 is 0 Å². The third-order valence-electron chi connectivity index (χ3n) is 5.91. The van der Waals surface area contributed by atoms with Crippen LogP contribution >= 0.6 is 0 Å². The Morgan fingerprint density at radius 2 is 1.31 bits per heavy atom. The van der Waals surface area contributed by atoms with Crippen LogP contribution in [0.4, 0.5) is 0 Å². The van der Waals surface area contributed by atoms with Crippen LogP contribution in [0.25, 0.3) is 43.9 Å². The van der Waals surface area contributed by atoms with E-state index in [1.165, 1.54) is 38.2 Å². The topological polar surface area (TPSA) is 26.3 Å². The molecule has 29 heavy (non-hydrogen) atoms. The first kappa shape index (κ1) is 16.4. The van der Waals surface area contributed by atoms with E-state index in [9.17, 15) is 0 Å². The summed E-state index contributed by atoms with van der Waals surface area (Å²) in [5.41, 5.74) is 7.71. The molecule has 0 aliphatic heterocycles. The van der Waals surface area contributed by atoms with E-state index in [0.29, 0.717) is 0 Å². The number of furan rings is 2. The second-order valence-corrected chi connectivity index (χ2v) is 7.65. The fourth-order valence-corrected chi connectivity index (χ4v) is 4.48. The van der Waals surface area contributed by atoms with Crippen LogP contribution in [0.5, 0.6) is 0 Å². The molecule has 0 radical (unpaired) electrons. The average molecular weight is 376 g/mol. The maximum Gasteiger partial charge on any atom is 0.138 e. The number of aryl methyl sites for hydroxylation is 1. The average Bonchev–Trinajstić information content (AvgIpc) is 3.33. The molecule has 2 heteroatoms. The predicted molar refractivity (Wildman–Crippen MR) is 120 cm³/mol. The van der Waals surface area contributed by atoms with Crippen molar-refractivity contribution in [1.82, 2.24) is 0 Å². The van der Waals surface area contributed by atoms with E-state index in [1.807, 2.05) is 18.2 Å². The molecule has 0 spiro atoms. The Bertz CT molecular complexity index is 1510. The lowest BCUT2D eigenvalue weighted by Crippen LogP contribution is -1.91. The molecule has 0 fully saturated rings. The molecule has 0 amide bonds. The highest BCUT2D eigenvalue weighted by atomic mass is 16.3. The number of benzene rings is 4. The molecule has 6 rings (SSSR count). The first-order valence-corrected chi connectivity index (χ1v) is 10.1. The van der Waals surface area contributed by atoms with Gasteiger partial charge in [-0.25, -0.2) is 0 Å². The number of para-hydroxylation sites is 2. The van der Waals surface area contributed by atoms with Gasteiger partial charge in [0.25, 0.3) is 0 Å². The highest BCUT2D eigenvalue weighted by molar-refractivity contribution is 6.08. The van der Waals surface area contributed by atoms with Crippen molar-refractivity contribution in [2.45, 2.75) is 19.8 Å². The zero-order valence-corrected chi connectivity index (χ0v) is 16.2. The second kappa shape index (κ2) is 6.25. The maximum absolute atomic E-state index is 6.25. The van der Waals surface area contributed by atoms with Gasteiger partial charge in [0.1, 0.15) is 22.3 Å². The molecule has 0 aliphatic carbocycles. The lowest BCUT2D eigenvalue weighted by atomic mass is 9.96. The van der Waals surface area contributed by atoms with Gasteiger partial charge in [-0.2, -0.15) is 0 Å². The molecule has 0 aliphatic rings. The fraction of sp³-hybridized carbons (Fsp3) is 0.111. The highest BCUT2D eigenvalue weighted by Gasteiger charge is 2.15. The smallest absolute Gasteiger partial charge is 0.138 e. The summed E-state index contributed by atoms with van der Waals surface area (Å²) < 4.78 is 12.2. The fourth-order valence-electron chi connectivity index (χ4n) is 4.48. The van der Waals surface area contributed by atoms with E-state index in [4.69, 9.17) is 8.83 Å². The van der Waals surface area contributed by atoms with Gasteiger partial charge < -0.3 is 8.83 Å². The first-order valence-electron chi connectivity index (χ1n) is 10.1. The normalized spacial score (nSPS) is 11.9. The molecule has 2 nitrogen and oxygen atoms in total. The zero-order chi connectivity index (χ0) is 19.4. The van der Waals surface area contributed by atoms with Crippen molar-refractivity contribution in [2.75, 3.05) is 0 Å². The summed E-state index contributed by atoms with van der Waals surface area (Å²) in [7, 11) is 0. The number of hydrogen-bond acceptors (Lipinski definition) is 2. The van der Waals surface area contributed by atoms with Gasteiger partial charge in [0.05, 0.1) is 0 Å². The van der Waals surface area contributed by atoms with Crippen LogP contribution in [0.3, 0.4) is 0 Å². The van der Waals surface area contributed by atoms with Crippen LogP contribution in [0.1, 0.15) is 23.6 Å². The lowest BCUT2D eigenvalue weighted by molar-refractivity contribution is 0.663. The Kier molecular flexibility index (Phi) is 3.54. The molecule has 0 N–H and O–H groups in total. The van der Waals surface area contributed by atoms with E-state index in [0.717, 1.165) is 35.2 Å². The van der Waals surface area contributed by atoms with Crippen LogP contribution in [-0.4, -0.2) is 0 Å². The molecule has 2 aromatic heterocycles. The van der Waals surface area contributed by atoms with Gasteiger partial charge in [-0.15, -0.1) is 0 Å². The molecule has 6 aromatic rings. The summed E-state index contributed by atoms with van der Waals surface area (Å²) >= 11 is 0. The van der Waals surface area contributed by atoms with Crippen molar-refractivity contribution in [3.05, 3.63) is 95.6 Å². The SMILES string of the molecule is CCc1ccc(Cc2ccc3oc4ccccc4c3c2)c2c1oc1ccccc12. The molecule has 140 valence electrons. The largest absolute Gasteiger partial charge is 0.456 e. The molecule has 0 unspecified atom stereocenters. The minimum absolute atomic E-state index is 0.861. The standard InChI is InChI=1S/C27H20O2/c1-2-18-12-13-19(26-21-8-4-6-10-24(21)29-27(18)26)15-17-11-14-25-22(16-17)20-7-3-5-9-23(20)28-25/h3-14,16H,2,15H2,1H3. The van der Waals surface area contributed by atoms with Crippen LogP contribution in [-0.2, 0) is 12.8 Å². The monoisotopic (exact) mass is 376 g/mol. The minimum atomic E-state index is 0.861. The molecule has 0 saturated heterocycles. The summed E-state index contributed by atoms with van der Waals surface area (Å²) in [5, 5.41) is 4.79. The van der Waals surface area contributed by atoms with Crippen molar-refractivity contribution >= 4 is 43.9 Å². The third-order valence-corrected chi connectivity index (χ3v) is 5.91. The first-order chi connectivity index (χ1) is 14.3. The molecule has 0 bridgehead atoms. The van der Waals surface area contributed by atoms with Gasteiger partial charge in [0.15, 0.2) is 0 Å². The lowest BCUT2D eigenvalue weighted by Gasteiger charge is -2.07. The number of fused-ring (bicyclic) bond motifs is 6. The van der Waals surface area contributed by atoms with Gasteiger partial charge in [-0.1, -0.05) is 61.5 Å². The van der Waals surface area contributed by atoms with Crippen LogP contribution in [0, 0.1) is 0 Å². The summed E-state index contributed by atoms with van der Waals surface area (Å²) in [4.78, 5) is 0. The molecular formula is C27H20O2. The molecular weight excluding hydrogens is 356 g/mol. The van der Waals surface area contributed by atoms with Crippen molar-refractivity contribution in [3.63, 3.8) is 0 Å². The van der Waals surface area contributed by atoms with E-state index < -0.39 is 0 Å². The summed E-state index contributed by atoms with van der Waals surface area (Å²) in [5.74, 6) is 0. The molecule has 0 saturated carbocycles. The van der Waals surface area contributed by atoms with Gasteiger partial charge in [0, 0.05) is 21.5 Å². The van der Waals surface area contributed by atoms with E-state index in [2.05, 4.69) is 67.6 Å². The Labute approximate surface area is 168 Å². The quantitative estimate of drug-likeness (QED) is 0.317. The van der Waals surface area contributed by atoms with E-state index in [-0.39, 0.29) is 0 Å². The number of hydrogen-bond donors (Lipinski definition) is 0. The minimum Gasteiger partial charge on any atom is -0.456 e. The molecule has 2 heterocycles. The Morgan fingerprint density at radius 1 is 0.621 bits per heavy atom. The summed E-state index contributed by atoms with van der Waals surface area (Å²) in [6.45, 7) is 2.18. The third kappa shape index (κ3) is 2.49. The Hall–Kier alpha value is -3.52. The van der Waals surface area contributed by atoms with Crippen molar-refractivity contribution in [2.24, 2.45) is 0 Å². The zero-order valence-electron chi connectivity index (χ0n) is 16.2.